The highest BCUT2D eigenvalue weighted by atomic mass is 35.5. The Morgan fingerprint density at radius 3 is 2.84 bits per heavy atom. The molecule has 0 aliphatic carbocycles. The van der Waals surface area contributed by atoms with Crippen LogP contribution in [0.4, 0.5) is 0 Å². The molecular formula is C14H11Cl2N3. The quantitative estimate of drug-likeness (QED) is 0.608. The van der Waals surface area contributed by atoms with Crippen LogP contribution in [0, 0.1) is 0 Å². The molecule has 5 heteroatoms. The second-order valence-corrected chi connectivity index (χ2v) is 5.60. The van der Waals surface area contributed by atoms with Crippen molar-refractivity contribution in [1.82, 2.24) is 14.1 Å². The zero-order chi connectivity index (χ0) is 13.0. The van der Waals surface area contributed by atoms with Crippen LogP contribution in [0.25, 0.3) is 22.6 Å². The molecule has 96 valence electrons. The highest BCUT2D eigenvalue weighted by Crippen LogP contribution is 2.32. The number of nitrogens with zero attached hydrogens (tertiary/aromatic N) is 3. The Morgan fingerprint density at radius 2 is 1.95 bits per heavy atom. The van der Waals surface area contributed by atoms with Crippen LogP contribution in [-0.4, -0.2) is 14.1 Å². The van der Waals surface area contributed by atoms with Gasteiger partial charge in [0, 0.05) is 19.3 Å². The molecule has 3 aromatic rings. The Labute approximate surface area is 120 Å². The molecule has 1 aromatic carbocycles. The lowest BCUT2D eigenvalue weighted by molar-refractivity contribution is 0.604. The van der Waals surface area contributed by atoms with Crippen LogP contribution in [0.1, 0.15) is 6.42 Å². The Hall–Kier alpha value is -1.45. The van der Waals surface area contributed by atoms with E-state index in [-0.39, 0.29) is 0 Å². The molecule has 0 unspecified atom stereocenters. The van der Waals surface area contributed by atoms with Crippen LogP contribution < -0.4 is 0 Å². The number of aryl methyl sites for hydroxylation is 2. The molecule has 4 rings (SSSR count). The average Bonchev–Trinajstić information content (AvgIpc) is 2.93. The average molecular weight is 292 g/mol. The predicted molar refractivity (Wildman–Crippen MR) is 77.8 cm³/mol. The van der Waals surface area contributed by atoms with Gasteiger partial charge in [0.05, 0.1) is 26.8 Å². The second kappa shape index (κ2) is 4.02. The number of hydrogen-bond acceptors (Lipinski definition) is 1. The number of benzene rings is 1. The molecule has 19 heavy (non-hydrogen) atoms. The van der Waals surface area contributed by atoms with E-state index in [1.807, 2.05) is 12.1 Å². The lowest BCUT2D eigenvalue weighted by Crippen LogP contribution is -1.98. The van der Waals surface area contributed by atoms with Crippen molar-refractivity contribution < 1.29 is 0 Å². The Morgan fingerprint density at radius 1 is 1.11 bits per heavy atom. The summed E-state index contributed by atoms with van der Waals surface area (Å²) in [6.45, 7) is 1.97. The summed E-state index contributed by atoms with van der Waals surface area (Å²) in [6, 6.07) is 7.92. The van der Waals surface area contributed by atoms with Gasteiger partial charge in [0.25, 0.3) is 0 Å². The first kappa shape index (κ1) is 11.4. The Kier molecular flexibility index (Phi) is 2.41. The summed E-state index contributed by atoms with van der Waals surface area (Å²) in [5.74, 6) is 0.996. The molecule has 0 saturated heterocycles. The van der Waals surface area contributed by atoms with Crippen molar-refractivity contribution in [3.05, 3.63) is 40.5 Å². The van der Waals surface area contributed by atoms with Crippen LogP contribution in [0.3, 0.4) is 0 Å². The lowest BCUT2D eigenvalue weighted by atomic mass is 10.3. The van der Waals surface area contributed by atoms with Crippen molar-refractivity contribution in [2.75, 3.05) is 0 Å². The molecule has 0 fully saturated rings. The van der Waals surface area contributed by atoms with E-state index < -0.39 is 0 Å². The largest absolute Gasteiger partial charge is 0.345 e. The first-order chi connectivity index (χ1) is 9.24. The highest BCUT2D eigenvalue weighted by Gasteiger charge is 2.19. The third-order valence-electron chi connectivity index (χ3n) is 3.63. The molecule has 0 bridgehead atoms. The first-order valence-electron chi connectivity index (χ1n) is 6.25. The zero-order valence-corrected chi connectivity index (χ0v) is 11.6. The van der Waals surface area contributed by atoms with Crippen molar-refractivity contribution in [3.8, 4) is 11.5 Å². The summed E-state index contributed by atoms with van der Waals surface area (Å²) in [5, 5.41) is 1.13. The maximum atomic E-state index is 6.13. The van der Waals surface area contributed by atoms with Gasteiger partial charge in [-0.1, -0.05) is 23.2 Å². The minimum absolute atomic E-state index is 0.554. The standard InChI is InChI=1S/C14H11Cl2N3/c15-9-7-11-13(8-10(9)16)19-6-2-5-18-4-1-3-12(18)14(19)17-11/h1,3-4,7-8H,2,5-6H2. The Balaban J connectivity index is 2.08. The van der Waals surface area contributed by atoms with Gasteiger partial charge in [-0.2, -0.15) is 0 Å². The highest BCUT2D eigenvalue weighted by molar-refractivity contribution is 6.42. The van der Waals surface area contributed by atoms with Crippen molar-refractivity contribution in [2.24, 2.45) is 0 Å². The van der Waals surface area contributed by atoms with E-state index in [1.54, 1.807) is 0 Å². The fourth-order valence-corrected chi connectivity index (χ4v) is 3.07. The molecule has 3 nitrogen and oxygen atoms in total. The van der Waals surface area contributed by atoms with Crippen molar-refractivity contribution in [2.45, 2.75) is 19.5 Å². The van der Waals surface area contributed by atoms with Crippen molar-refractivity contribution in [1.29, 1.82) is 0 Å². The molecule has 0 amide bonds. The van der Waals surface area contributed by atoms with Crippen molar-refractivity contribution >= 4 is 34.2 Å². The van der Waals surface area contributed by atoms with Gasteiger partial charge in [-0.3, -0.25) is 0 Å². The molecule has 0 N–H and O–H groups in total. The number of halogens is 2. The fraction of sp³-hybridized carbons (Fsp3) is 0.214. The number of fused-ring (bicyclic) bond motifs is 5. The van der Waals surface area contributed by atoms with E-state index in [1.165, 1.54) is 0 Å². The van der Waals surface area contributed by atoms with Crippen LogP contribution in [-0.2, 0) is 13.1 Å². The van der Waals surface area contributed by atoms with E-state index in [2.05, 4.69) is 27.5 Å². The van der Waals surface area contributed by atoms with Gasteiger partial charge in [0.2, 0.25) is 0 Å². The van der Waals surface area contributed by atoms with Crippen LogP contribution in [0.2, 0.25) is 10.0 Å². The molecule has 1 aliphatic heterocycles. The number of imidazole rings is 1. The molecule has 0 spiro atoms. The van der Waals surface area contributed by atoms with Crippen LogP contribution in [0.5, 0.6) is 0 Å². The number of aromatic nitrogens is 3. The summed E-state index contributed by atoms with van der Waals surface area (Å²) in [5.41, 5.74) is 3.11. The maximum absolute atomic E-state index is 6.13. The number of rotatable bonds is 0. The van der Waals surface area contributed by atoms with Gasteiger partial charge in [-0.25, -0.2) is 4.98 Å². The molecule has 2 aromatic heterocycles. The van der Waals surface area contributed by atoms with Gasteiger partial charge in [0.1, 0.15) is 0 Å². The lowest BCUT2D eigenvalue weighted by Gasteiger charge is -2.04. The third-order valence-corrected chi connectivity index (χ3v) is 4.35. The Bertz CT molecular complexity index is 785. The van der Waals surface area contributed by atoms with Gasteiger partial charge >= 0.3 is 0 Å². The maximum Gasteiger partial charge on any atom is 0.157 e. The minimum atomic E-state index is 0.554. The summed E-state index contributed by atoms with van der Waals surface area (Å²) in [6.07, 6.45) is 3.19. The zero-order valence-electron chi connectivity index (χ0n) is 10.1. The van der Waals surface area contributed by atoms with E-state index >= 15 is 0 Å². The topological polar surface area (TPSA) is 22.8 Å². The molecule has 3 heterocycles. The second-order valence-electron chi connectivity index (χ2n) is 4.78. The smallest absolute Gasteiger partial charge is 0.157 e. The van der Waals surface area contributed by atoms with E-state index in [0.29, 0.717) is 10.0 Å². The predicted octanol–water partition coefficient (Wildman–Crippen LogP) is 4.22. The molecule has 0 saturated carbocycles. The molecule has 0 radical (unpaired) electrons. The van der Waals surface area contributed by atoms with Gasteiger partial charge in [-0.05, 0) is 30.7 Å². The van der Waals surface area contributed by atoms with E-state index in [9.17, 15) is 0 Å². The molecule has 1 aliphatic rings. The SMILES string of the molecule is Clc1cc2nc3n(c2cc1Cl)CCCn1cccc1-3. The van der Waals surface area contributed by atoms with E-state index in [0.717, 1.165) is 42.1 Å². The van der Waals surface area contributed by atoms with E-state index in [4.69, 9.17) is 28.2 Å². The molecular weight excluding hydrogens is 281 g/mol. The fourth-order valence-electron chi connectivity index (χ4n) is 2.75. The normalized spacial score (nSPS) is 14.2. The molecule has 0 atom stereocenters. The first-order valence-corrected chi connectivity index (χ1v) is 7.00. The third kappa shape index (κ3) is 1.62. The monoisotopic (exact) mass is 291 g/mol. The summed E-state index contributed by atoms with van der Waals surface area (Å²) in [4.78, 5) is 4.73. The van der Waals surface area contributed by atoms with Gasteiger partial charge in [0.15, 0.2) is 5.82 Å². The van der Waals surface area contributed by atoms with Crippen LogP contribution in [0.15, 0.2) is 30.5 Å². The summed E-state index contributed by atoms with van der Waals surface area (Å²) in [7, 11) is 0. The van der Waals surface area contributed by atoms with Gasteiger partial charge in [-0.15, -0.1) is 0 Å². The summed E-state index contributed by atoms with van der Waals surface area (Å²) < 4.78 is 4.48. The number of hydrogen-bond donors (Lipinski definition) is 0. The summed E-state index contributed by atoms with van der Waals surface area (Å²) >= 11 is 12.2. The van der Waals surface area contributed by atoms with Crippen LogP contribution >= 0.6 is 23.2 Å². The van der Waals surface area contributed by atoms with Gasteiger partial charge < -0.3 is 9.13 Å². The minimum Gasteiger partial charge on any atom is -0.345 e. The van der Waals surface area contributed by atoms with Crippen molar-refractivity contribution in [3.63, 3.8) is 0 Å².